The molecule has 0 fully saturated rings. The van der Waals surface area contributed by atoms with E-state index in [-0.39, 0.29) is 6.61 Å². The van der Waals surface area contributed by atoms with Crippen LogP contribution in [0.25, 0.3) is 0 Å². The number of hydrogen-bond acceptors (Lipinski definition) is 5. The molecule has 0 spiro atoms. The molecule has 3 rings (SSSR count). The first-order chi connectivity index (χ1) is 16.3. The van der Waals surface area contributed by atoms with Crippen molar-refractivity contribution >= 4 is 58.5 Å². The average molecular weight is 521 g/mol. The van der Waals surface area contributed by atoms with Crippen molar-refractivity contribution in [2.75, 3.05) is 12.4 Å². The maximum atomic E-state index is 12.0. The first kappa shape index (κ1) is 25.4. The van der Waals surface area contributed by atoms with Crippen molar-refractivity contribution in [2.45, 2.75) is 13.5 Å². The summed E-state index contributed by atoms with van der Waals surface area (Å²) in [5, 5.41) is 7.75. The molecule has 0 aliphatic rings. The summed E-state index contributed by atoms with van der Waals surface area (Å²) in [6.45, 7) is 1.98. The Bertz CT molecular complexity index is 1230. The zero-order chi connectivity index (χ0) is 24.7. The van der Waals surface area contributed by atoms with Gasteiger partial charge in [0.2, 0.25) is 0 Å². The van der Waals surface area contributed by atoms with Crippen molar-refractivity contribution < 1.29 is 19.1 Å². The van der Waals surface area contributed by atoms with Crippen LogP contribution in [0.15, 0.2) is 59.7 Å². The zero-order valence-corrected chi connectivity index (χ0v) is 20.5. The lowest BCUT2D eigenvalue weighted by Gasteiger charge is -2.13. The van der Waals surface area contributed by atoms with Crippen molar-refractivity contribution in [3.63, 3.8) is 0 Å². The van der Waals surface area contributed by atoms with Crippen molar-refractivity contribution in [2.24, 2.45) is 5.10 Å². The fourth-order valence-electron chi connectivity index (χ4n) is 2.78. The molecule has 0 heterocycles. The number of halogens is 3. The van der Waals surface area contributed by atoms with Crippen LogP contribution < -0.4 is 20.2 Å². The summed E-state index contributed by atoms with van der Waals surface area (Å²) in [5.41, 5.74) is 4.69. The second kappa shape index (κ2) is 11.7. The molecule has 0 saturated heterocycles. The van der Waals surface area contributed by atoms with Gasteiger partial charge in [0.1, 0.15) is 6.61 Å². The molecule has 0 aliphatic heterocycles. The number of benzene rings is 3. The van der Waals surface area contributed by atoms with Gasteiger partial charge in [-0.2, -0.15) is 5.10 Å². The number of hydrazone groups is 1. The Hall–Kier alpha value is -3.26. The van der Waals surface area contributed by atoms with Crippen LogP contribution in [0.3, 0.4) is 0 Å². The van der Waals surface area contributed by atoms with Crippen molar-refractivity contribution in [3.8, 4) is 11.5 Å². The second-order valence-corrected chi connectivity index (χ2v) is 8.24. The summed E-state index contributed by atoms with van der Waals surface area (Å²) in [4.78, 5) is 24.0. The number of aryl methyl sites for hydroxylation is 1. The van der Waals surface area contributed by atoms with Crippen LogP contribution in [-0.4, -0.2) is 25.1 Å². The molecule has 2 N–H and O–H groups in total. The SMILES string of the molecule is COc1cc(/C=N\NC(=O)C(=O)Nc2ccc(C)c(Cl)c2)ccc1OCc1c(Cl)cccc1Cl. The van der Waals surface area contributed by atoms with E-state index in [9.17, 15) is 9.59 Å². The molecule has 3 aromatic carbocycles. The van der Waals surface area contributed by atoms with Gasteiger partial charge in [-0.3, -0.25) is 9.59 Å². The second-order valence-electron chi connectivity index (χ2n) is 7.02. The molecule has 7 nitrogen and oxygen atoms in total. The number of nitrogens with one attached hydrogen (secondary N) is 2. The zero-order valence-electron chi connectivity index (χ0n) is 18.2. The summed E-state index contributed by atoms with van der Waals surface area (Å²) in [7, 11) is 1.50. The fraction of sp³-hybridized carbons (Fsp3) is 0.125. The van der Waals surface area contributed by atoms with E-state index in [0.717, 1.165) is 5.56 Å². The standard InChI is InChI=1S/C24H20Cl3N3O4/c1-14-6-8-16(11-20(14)27)29-23(31)24(32)30-28-12-15-7-9-21(22(10-15)33-2)34-13-17-18(25)4-3-5-19(17)26/h3-12H,13H2,1-2H3,(H,29,31)(H,30,32)/b28-12-. The molecular formula is C24H20Cl3N3O4. The van der Waals surface area contributed by atoms with Crippen molar-refractivity contribution in [3.05, 3.63) is 86.4 Å². The highest BCUT2D eigenvalue weighted by molar-refractivity contribution is 6.40. The largest absolute Gasteiger partial charge is 0.493 e. The lowest BCUT2D eigenvalue weighted by Crippen LogP contribution is -2.32. The van der Waals surface area contributed by atoms with Crippen LogP contribution in [0.1, 0.15) is 16.7 Å². The number of carbonyl (C=O) groups excluding carboxylic acids is 2. The molecule has 10 heteroatoms. The van der Waals surface area contributed by atoms with Crippen LogP contribution in [0.2, 0.25) is 15.1 Å². The van der Waals surface area contributed by atoms with Crippen LogP contribution in [-0.2, 0) is 16.2 Å². The highest BCUT2D eigenvalue weighted by Gasteiger charge is 2.14. The highest BCUT2D eigenvalue weighted by atomic mass is 35.5. The Morgan fingerprint density at radius 1 is 0.941 bits per heavy atom. The number of carbonyl (C=O) groups is 2. The molecule has 34 heavy (non-hydrogen) atoms. The fourth-order valence-corrected chi connectivity index (χ4v) is 3.47. The third-order valence-electron chi connectivity index (χ3n) is 4.64. The van der Waals surface area contributed by atoms with Gasteiger partial charge in [-0.05, 0) is 60.5 Å². The predicted octanol–water partition coefficient (Wildman–Crippen LogP) is 5.63. The van der Waals surface area contributed by atoms with E-state index in [0.29, 0.717) is 43.4 Å². The van der Waals surface area contributed by atoms with Gasteiger partial charge >= 0.3 is 11.8 Å². The molecule has 0 bridgehead atoms. The van der Waals surface area contributed by atoms with E-state index in [2.05, 4.69) is 15.8 Å². The van der Waals surface area contributed by atoms with Gasteiger partial charge in [-0.25, -0.2) is 5.43 Å². The summed E-state index contributed by atoms with van der Waals surface area (Å²) < 4.78 is 11.2. The maximum absolute atomic E-state index is 12.0. The van der Waals surface area contributed by atoms with E-state index in [1.807, 2.05) is 6.92 Å². The van der Waals surface area contributed by atoms with Crippen LogP contribution >= 0.6 is 34.8 Å². The molecule has 0 aromatic heterocycles. The normalized spacial score (nSPS) is 10.7. The predicted molar refractivity (Wildman–Crippen MR) is 134 cm³/mol. The number of nitrogens with zero attached hydrogens (tertiary/aromatic N) is 1. The number of methoxy groups -OCH3 is 1. The van der Waals surface area contributed by atoms with Gasteiger partial charge in [0.05, 0.1) is 13.3 Å². The van der Waals surface area contributed by atoms with Gasteiger partial charge in [0.15, 0.2) is 11.5 Å². The van der Waals surface area contributed by atoms with E-state index >= 15 is 0 Å². The topological polar surface area (TPSA) is 89.0 Å². The molecule has 0 unspecified atom stereocenters. The van der Waals surface area contributed by atoms with E-state index < -0.39 is 11.8 Å². The Kier molecular flexibility index (Phi) is 8.76. The molecule has 3 aromatic rings. The number of rotatable bonds is 7. The number of ether oxygens (including phenoxy) is 2. The average Bonchev–Trinajstić information content (AvgIpc) is 2.81. The highest BCUT2D eigenvalue weighted by Crippen LogP contribution is 2.31. The Morgan fingerprint density at radius 3 is 2.35 bits per heavy atom. The molecule has 0 atom stereocenters. The van der Waals surface area contributed by atoms with Crippen LogP contribution in [0, 0.1) is 6.92 Å². The number of anilines is 1. The van der Waals surface area contributed by atoms with Gasteiger partial charge < -0.3 is 14.8 Å². The van der Waals surface area contributed by atoms with Crippen LogP contribution in [0.4, 0.5) is 5.69 Å². The molecule has 0 aliphatic carbocycles. The maximum Gasteiger partial charge on any atom is 0.329 e. The Morgan fingerprint density at radius 2 is 1.68 bits per heavy atom. The first-order valence-corrected chi connectivity index (χ1v) is 11.1. The lowest BCUT2D eigenvalue weighted by molar-refractivity contribution is -0.136. The third-order valence-corrected chi connectivity index (χ3v) is 5.75. The Labute approximate surface area is 211 Å². The van der Waals surface area contributed by atoms with E-state index in [1.165, 1.54) is 13.3 Å². The van der Waals surface area contributed by atoms with Gasteiger partial charge in [-0.1, -0.05) is 46.9 Å². The molecule has 2 amide bonds. The summed E-state index contributed by atoms with van der Waals surface area (Å²) in [6, 6.07) is 15.2. The number of hydrogen-bond donors (Lipinski definition) is 2. The third kappa shape index (κ3) is 6.63. The van der Waals surface area contributed by atoms with E-state index in [4.69, 9.17) is 44.3 Å². The minimum absolute atomic E-state index is 0.152. The molecular weight excluding hydrogens is 501 g/mol. The van der Waals surface area contributed by atoms with Crippen molar-refractivity contribution in [1.82, 2.24) is 5.43 Å². The first-order valence-electron chi connectivity index (χ1n) is 9.92. The Balaban J connectivity index is 1.59. The summed E-state index contributed by atoms with van der Waals surface area (Å²) in [5.74, 6) is -0.906. The monoisotopic (exact) mass is 519 g/mol. The molecule has 0 radical (unpaired) electrons. The smallest absolute Gasteiger partial charge is 0.329 e. The molecule has 0 saturated carbocycles. The molecule has 176 valence electrons. The number of amides is 2. The van der Waals surface area contributed by atoms with Gasteiger partial charge in [0, 0.05) is 26.3 Å². The van der Waals surface area contributed by atoms with Gasteiger partial charge in [0.25, 0.3) is 0 Å². The van der Waals surface area contributed by atoms with Gasteiger partial charge in [-0.15, -0.1) is 0 Å². The summed E-state index contributed by atoms with van der Waals surface area (Å²) in [6.07, 6.45) is 1.37. The lowest BCUT2D eigenvalue weighted by atomic mass is 10.2. The van der Waals surface area contributed by atoms with Crippen LogP contribution in [0.5, 0.6) is 11.5 Å². The minimum atomic E-state index is -0.934. The quantitative estimate of drug-likeness (QED) is 0.240. The summed E-state index contributed by atoms with van der Waals surface area (Å²) >= 11 is 18.4. The van der Waals surface area contributed by atoms with E-state index in [1.54, 1.807) is 54.6 Å². The minimum Gasteiger partial charge on any atom is -0.493 e. The van der Waals surface area contributed by atoms with Crippen molar-refractivity contribution in [1.29, 1.82) is 0 Å².